The number of nitrogens with zero attached hydrogens (tertiary/aromatic N) is 3. The second-order valence-corrected chi connectivity index (χ2v) is 22.2. The van der Waals surface area contributed by atoms with E-state index in [9.17, 15) is 0 Å². The van der Waals surface area contributed by atoms with Crippen LogP contribution in [0.2, 0.25) is 22.2 Å². The smallest absolute Gasteiger partial charge is 0.206 e. The van der Waals surface area contributed by atoms with Crippen molar-refractivity contribution in [3.63, 3.8) is 0 Å². The summed E-state index contributed by atoms with van der Waals surface area (Å²) in [5.41, 5.74) is 2.90. The number of hydrogen-bond acceptors (Lipinski definition) is 3. The van der Waals surface area contributed by atoms with Crippen molar-refractivity contribution in [2.75, 3.05) is 32.7 Å². The van der Waals surface area contributed by atoms with E-state index in [1.165, 1.54) is 71.2 Å². The molecule has 200 valence electrons. The molecule has 0 spiro atoms. The summed E-state index contributed by atoms with van der Waals surface area (Å²) < 4.78 is 9.53. The van der Waals surface area contributed by atoms with E-state index < -0.39 is 16.8 Å². The molecule has 0 saturated heterocycles. The molecular formula is C28H65N3Si2. The van der Waals surface area contributed by atoms with Crippen molar-refractivity contribution in [1.29, 1.82) is 0 Å². The fourth-order valence-corrected chi connectivity index (χ4v) is 25.7. The van der Waals surface area contributed by atoms with Gasteiger partial charge in [0, 0.05) is 0 Å². The lowest BCUT2D eigenvalue weighted by atomic mass is 10.3. The molecule has 0 aliphatic rings. The van der Waals surface area contributed by atoms with Crippen molar-refractivity contribution in [2.45, 2.75) is 151 Å². The van der Waals surface area contributed by atoms with Crippen LogP contribution >= 0.6 is 0 Å². The molecule has 0 amide bonds. The van der Waals surface area contributed by atoms with Gasteiger partial charge in [-0.1, -0.05) is 96.4 Å². The highest BCUT2D eigenvalue weighted by atomic mass is 28.4. The second-order valence-electron chi connectivity index (χ2n) is 11.7. The maximum Gasteiger partial charge on any atom is 0.206 e. The number of hydrogen-bond donors (Lipinski definition) is 0. The zero-order chi connectivity index (χ0) is 25.8. The Bertz CT molecular complexity index is 426. The Morgan fingerprint density at radius 2 is 0.697 bits per heavy atom. The van der Waals surface area contributed by atoms with E-state index in [1.807, 2.05) is 0 Å². The molecule has 0 atom stereocenters. The largest absolute Gasteiger partial charge is 0.320 e. The van der Waals surface area contributed by atoms with Gasteiger partial charge in [-0.3, -0.25) is 0 Å². The first-order valence-electron chi connectivity index (χ1n) is 14.8. The van der Waals surface area contributed by atoms with Gasteiger partial charge in [0.05, 0.1) is 0 Å². The molecule has 0 aromatic carbocycles. The van der Waals surface area contributed by atoms with Crippen molar-refractivity contribution in [1.82, 2.24) is 13.4 Å². The first-order valence-corrected chi connectivity index (χ1v) is 18.9. The van der Waals surface area contributed by atoms with Gasteiger partial charge in [-0.15, -0.1) is 0 Å². The molecule has 0 radical (unpaired) electrons. The Hall–Kier alpha value is 0.314. The predicted molar refractivity (Wildman–Crippen MR) is 158 cm³/mol. The summed E-state index contributed by atoms with van der Waals surface area (Å²) in [4.78, 5) is 0. The molecule has 0 unspecified atom stereocenters. The van der Waals surface area contributed by atoms with Crippen LogP contribution in [0.25, 0.3) is 0 Å². The van der Waals surface area contributed by atoms with Gasteiger partial charge < -0.3 is 13.4 Å². The SMILES string of the molecule is CCCCN([Si](C(C)C)(C(C)C)N(CCC)CCC)[Si](C(C)C)(C(C)C)N(CCC)CCC. The van der Waals surface area contributed by atoms with Crippen LogP contribution in [-0.4, -0.2) is 62.9 Å². The summed E-state index contributed by atoms with van der Waals surface area (Å²) >= 11 is 0. The van der Waals surface area contributed by atoms with Crippen LogP contribution in [0.15, 0.2) is 0 Å². The standard InChI is InChI=1S/C28H65N3Si2/c1-14-19-24-31(32(25(6)7,26(8)9)29(20-15-2)21-16-3)33(27(10)11,28(12)13)30(22-17-4)23-18-5/h25-28H,14-24H2,1-13H3. The predicted octanol–water partition coefficient (Wildman–Crippen LogP) is 8.86. The monoisotopic (exact) mass is 499 g/mol. The maximum atomic E-state index is 3.37. The van der Waals surface area contributed by atoms with E-state index >= 15 is 0 Å². The molecular weight excluding hydrogens is 435 g/mol. The lowest BCUT2D eigenvalue weighted by molar-refractivity contribution is 0.301. The topological polar surface area (TPSA) is 9.72 Å². The van der Waals surface area contributed by atoms with Gasteiger partial charge in [0.15, 0.2) is 0 Å². The summed E-state index contributed by atoms with van der Waals surface area (Å²) in [6.07, 6.45) is 7.69. The Morgan fingerprint density at radius 1 is 0.424 bits per heavy atom. The van der Waals surface area contributed by atoms with Gasteiger partial charge in [0.1, 0.15) is 0 Å². The highest BCUT2D eigenvalue weighted by Gasteiger charge is 2.61. The van der Waals surface area contributed by atoms with Gasteiger partial charge in [0.25, 0.3) is 0 Å². The lowest BCUT2D eigenvalue weighted by Gasteiger charge is -2.65. The van der Waals surface area contributed by atoms with Crippen LogP contribution in [0.4, 0.5) is 0 Å². The van der Waals surface area contributed by atoms with Crippen LogP contribution in [0.1, 0.15) is 129 Å². The van der Waals surface area contributed by atoms with Crippen molar-refractivity contribution in [3.05, 3.63) is 0 Å². The first-order chi connectivity index (χ1) is 15.5. The molecule has 0 heterocycles. The second kappa shape index (κ2) is 16.1. The zero-order valence-electron chi connectivity index (χ0n) is 25.4. The van der Waals surface area contributed by atoms with Gasteiger partial charge in [-0.2, -0.15) is 0 Å². The van der Waals surface area contributed by atoms with E-state index in [4.69, 9.17) is 0 Å². The number of rotatable bonds is 19. The molecule has 0 aromatic heterocycles. The van der Waals surface area contributed by atoms with Gasteiger partial charge >= 0.3 is 0 Å². The average molecular weight is 500 g/mol. The van der Waals surface area contributed by atoms with Crippen LogP contribution < -0.4 is 0 Å². The van der Waals surface area contributed by atoms with Crippen molar-refractivity contribution < 1.29 is 0 Å². The minimum Gasteiger partial charge on any atom is -0.320 e. The van der Waals surface area contributed by atoms with Crippen LogP contribution in [0.5, 0.6) is 0 Å². The lowest BCUT2D eigenvalue weighted by Crippen LogP contribution is -2.82. The molecule has 5 heteroatoms. The van der Waals surface area contributed by atoms with Gasteiger partial charge in [-0.25, -0.2) is 0 Å². The van der Waals surface area contributed by atoms with E-state index in [0.717, 1.165) is 22.2 Å². The molecule has 0 aliphatic carbocycles. The van der Waals surface area contributed by atoms with Crippen molar-refractivity contribution in [2.24, 2.45) is 0 Å². The third kappa shape index (κ3) is 7.18. The molecule has 0 aromatic rings. The molecule has 0 saturated carbocycles. The fraction of sp³-hybridized carbons (Fsp3) is 1.00. The molecule has 0 bridgehead atoms. The summed E-state index contributed by atoms with van der Waals surface area (Å²) in [5.74, 6) is 0. The number of unbranched alkanes of at least 4 members (excludes halogenated alkanes) is 1. The van der Waals surface area contributed by atoms with Crippen LogP contribution in [-0.2, 0) is 0 Å². The minimum atomic E-state index is -1.98. The minimum absolute atomic E-state index is 0.724. The highest BCUT2D eigenvalue weighted by Crippen LogP contribution is 2.48. The molecule has 0 N–H and O–H groups in total. The molecule has 33 heavy (non-hydrogen) atoms. The summed E-state index contributed by atoms with van der Waals surface area (Å²) in [7, 11) is -3.97. The molecule has 0 fully saturated rings. The molecule has 0 rings (SSSR count). The molecule has 0 aliphatic heterocycles. The summed E-state index contributed by atoms with van der Waals surface area (Å²) in [5, 5.41) is 0. The average Bonchev–Trinajstić information content (AvgIpc) is 2.72. The van der Waals surface area contributed by atoms with Gasteiger partial charge in [0.2, 0.25) is 16.8 Å². The Kier molecular flexibility index (Phi) is 16.3. The zero-order valence-corrected chi connectivity index (χ0v) is 27.4. The van der Waals surface area contributed by atoms with Crippen LogP contribution in [0, 0.1) is 0 Å². The Labute approximate surface area is 213 Å². The Morgan fingerprint density at radius 3 is 0.879 bits per heavy atom. The van der Waals surface area contributed by atoms with Crippen LogP contribution in [0.3, 0.4) is 0 Å². The quantitative estimate of drug-likeness (QED) is 0.164. The Balaban J connectivity index is 7.48. The molecule has 3 nitrogen and oxygen atoms in total. The third-order valence-electron chi connectivity index (χ3n) is 7.99. The maximum absolute atomic E-state index is 3.37. The first kappa shape index (κ1) is 33.3. The fourth-order valence-electron chi connectivity index (χ4n) is 7.36. The third-order valence-corrected chi connectivity index (χ3v) is 22.0. The highest BCUT2D eigenvalue weighted by molar-refractivity contribution is 6.92. The van der Waals surface area contributed by atoms with E-state index in [-0.39, 0.29) is 0 Å². The summed E-state index contributed by atoms with van der Waals surface area (Å²) in [6, 6.07) is 0. The van der Waals surface area contributed by atoms with E-state index in [2.05, 4.69) is 103 Å². The van der Waals surface area contributed by atoms with Crippen molar-refractivity contribution >= 4 is 16.8 Å². The summed E-state index contributed by atoms with van der Waals surface area (Å²) in [6.45, 7) is 39.1. The van der Waals surface area contributed by atoms with Gasteiger partial charge in [-0.05, 0) is 87.0 Å². The van der Waals surface area contributed by atoms with E-state index in [0.29, 0.717) is 0 Å². The van der Waals surface area contributed by atoms with Crippen molar-refractivity contribution in [3.8, 4) is 0 Å². The normalized spacial score (nSPS) is 13.8. The van der Waals surface area contributed by atoms with E-state index in [1.54, 1.807) is 0 Å².